The second-order valence-corrected chi connectivity index (χ2v) is 4.39. The van der Waals surface area contributed by atoms with Crippen LogP contribution in [0.15, 0.2) is 29.1 Å². The predicted molar refractivity (Wildman–Crippen MR) is 73.4 cm³/mol. The van der Waals surface area contributed by atoms with Gasteiger partial charge in [-0.2, -0.15) is 0 Å². The van der Waals surface area contributed by atoms with E-state index in [0.29, 0.717) is 23.6 Å². The smallest absolute Gasteiger partial charge is 0.256 e. The van der Waals surface area contributed by atoms with Crippen LogP contribution < -0.4 is 11.3 Å². The molecular weight excluding hydrogens is 226 g/mol. The number of hydrogen-bond acceptors (Lipinski definition) is 3. The zero-order valence-corrected chi connectivity index (χ0v) is 10.7. The molecule has 0 spiro atoms. The van der Waals surface area contributed by atoms with Gasteiger partial charge in [-0.15, -0.1) is 0 Å². The van der Waals surface area contributed by atoms with Crippen LogP contribution in [0.4, 0.5) is 5.82 Å². The van der Waals surface area contributed by atoms with E-state index in [2.05, 4.69) is 9.97 Å². The fourth-order valence-electron chi connectivity index (χ4n) is 1.85. The van der Waals surface area contributed by atoms with Crippen LogP contribution in [0.25, 0.3) is 11.4 Å². The van der Waals surface area contributed by atoms with Gasteiger partial charge in [-0.3, -0.25) is 4.79 Å². The van der Waals surface area contributed by atoms with Gasteiger partial charge in [0.2, 0.25) is 0 Å². The van der Waals surface area contributed by atoms with E-state index in [9.17, 15) is 4.79 Å². The molecule has 18 heavy (non-hydrogen) atoms. The van der Waals surface area contributed by atoms with Crippen LogP contribution in [-0.4, -0.2) is 9.97 Å². The second kappa shape index (κ2) is 5.04. The Hall–Kier alpha value is -2.10. The van der Waals surface area contributed by atoms with Crippen LogP contribution >= 0.6 is 0 Å². The number of aryl methyl sites for hydroxylation is 1. The lowest BCUT2D eigenvalue weighted by atomic mass is 10.1. The van der Waals surface area contributed by atoms with Crippen molar-refractivity contribution in [1.29, 1.82) is 0 Å². The summed E-state index contributed by atoms with van der Waals surface area (Å²) in [5, 5.41) is 0. The molecule has 0 aliphatic heterocycles. The summed E-state index contributed by atoms with van der Waals surface area (Å²) in [5.74, 6) is 0.855. The lowest BCUT2D eigenvalue weighted by Crippen LogP contribution is -2.18. The molecule has 0 saturated carbocycles. The molecule has 0 amide bonds. The summed E-state index contributed by atoms with van der Waals surface area (Å²) in [6.07, 6.45) is 1.53. The molecule has 4 heteroatoms. The highest BCUT2D eigenvalue weighted by atomic mass is 16.1. The van der Waals surface area contributed by atoms with Crippen molar-refractivity contribution in [2.24, 2.45) is 0 Å². The van der Waals surface area contributed by atoms with Gasteiger partial charge in [0.1, 0.15) is 11.6 Å². The van der Waals surface area contributed by atoms with Gasteiger partial charge in [-0.1, -0.05) is 43.2 Å². The molecule has 3 N–H and O–H groups in total. The first kappa shape index (κ1) is 12.4. The normalized spacial score (nSPS) is 10.6. The molecule has 4 nitrogen and oxygen atoms in total. The van der Waals surface area contributed by atoms with Crippen LogP contribution in [0.2, 0.25) is 0 Å². The number of nitrogen functional groups attached to an aromatic ring is 1. The number of nitrogens with two attached hydrogens (primary N) is 1. The zero-order valence-electron chi connectivity index (χ0n) is 10.7. The molecule has 2 aromatic rings. The number of rotatable bonds is 3. The van der Waals surface area contributed by atoms with Gasteiger partial charge in [0.05, 0.1) is 5.56 Å². The number of anilines is 1. The molecule has 1 aromatic heterocycles. The molecule has 0 atom stereocenters. The lowest BCUT2D eigenvalue weighted by molar-refractivity contribution is 0.892. The van der Waals surface area contributed by atoms with Crippen molar-refractivity contribution in [3.05, 3.63) is 45.7 Å². The fraction of sp³-hybridized carbons (Fsp3) is 0.286. The van der Waals surface area contributed by atoms with Crippen LogP contribution in [-0.2, 0) is 6.42 Å². The lowest BCUT2D eigenvalue weighted by Gasteiger charge is -2.06. The van der Waals surface area contributed by atoms with Crippen LogP contribution in [0.5, 0.6) is 0 Å². The first-order valence-electron chi connectivity index (χ1n) is 6.07. The summed E-state index contributed by atoms with van der Waals surface area (Å²) in [5.41, 5.74) is 8.31. The van der Waals surface area contributed by atoms with Gasteiger partial charge in [-0.25, -0.2) is 4.98 Å². The summed E-state index contributed by atoms with van der Waals surface area (Å²) in [7, 11) is 0. The summed E-state index contributed by atoms with van der Waals surface area (Å²) < 4.78 is 0. The van der Waals surface area contributed by atoms with Crippen molar-refractivity contribution in [1.82, 2.24) is 9.97 Å². The Morgan fingerprint density at radius 3 is 2.50 bits per heavy atom. The number of nitrogens with one attached hydrogen (secondary N) is 1. The third-order valence-electron chi connectivity index (χ3n) is 2.87. The summed E-state index contributed by atoms with van der Waals surface area (Å²) in [6.45, 7) is 4.02. The molecule has 0 aliphatic rings. The maximum absolute atomic E-state index is 11.9. The van der Waals surface area contributed by atoms with E-state index in [0.717, 1.165) is 17.5 Å². The van der Waals surface area contributed by atoms with Gasteiger partial charge in [0.15, 0.2) is 0 Å². The quantitative estimate of drug-likeness (QED) is 0.868. The van der Waals surface area contributed by atoms with E-state index in [-0.39, 0.29) is 5.56 Å². The number of aromatic amines is 1. The van der Waals surface area contributed by atoms with Gasteiger partial charge >= 0.3 is 0 Å². The number of benzene rings is 1. The summed E-state index contributed by atoms with van der Waals surface area (Å²) in [4.78, 5) is 19.0. The molecule has 2 rings (SSSR count). The van der Waals surface area contributed by atoms with Gasteiger partial charge in [-0.05, 0) is 13.3 Å². The molecule has 1 aromatic carbocycles. The Morgan fingerprint density at radius 2 is 1.94 bits per heavy atom. The number of hydrogen-bond donors (Lipinski definition) is 2. The maximum Gasteiger partial charge on any atom is 0.256 e. The molecule has 0 radical (unpaired) electrons. The van der Waals surface area contributed by atoms with Crippen molar-refractivity contribution in [3.8, 4) is 11.4 Å². The van der Waals surface area contributed by atoms with Crippen LogP contribution in [0, 0.1) is 6.92 Å². The largest absolute Gasteiger partial charge is 0.383 e. The highest BCUT2D eigenvalue weighted by Gasteiger charge is 2.09. The molecular formula is C14H17N3O. The first-order valence-corrected chi connectivity index (χ1v) is 6.07. The minimum Gasteiger partial charge on any atom is -0.383 e. The number of H-pyrrole nitrogens is 1. The van der Waals surface area contributed by atoms with Gasteiger partial charge in [0.25, 0.3) is 5.56 Å². The topological polar surface area (TPSA) is 71.8 Å². The van der Waals surface area contributed by atoms with E-state index < -0.39 is 0 Å². The summed E-state index contributed by atoms with van der Waals surface area (Å²) in [6, 6.07) is 7.80. The minimum absolute atomic E-state index is 0.139. The van der Waals surface area contributed by atoms with Crippen molar-refractivity contribution in [3.63, 3.8) is 0 Å². The van der Waals surface area contributed by atoms with E-state index in [1.165, 1.54) is 0 Å². The fourth-order valence-corrected chi connectivity index (χ4v) is 1.85. The molecule has 1 heterocycles. The Balaban J connectivity index is 2.48. The Morgan fingerprint density at radius 1 is 1.28 bits per heavy atom. The molecule has 94 valence electrons. The number of aromatic nitrogens is 2. The average molecular weight is 243 g/mol. The first-order chi connectivity index (χ1) is 8.61. The number of nitrogens with zero attached hydrogens (tertiary/aromatic N) is 1. The van der Waals surface area contributed by atoms with E-state index in [1.807, 2.05) is 38.1 Å². The van der Waals surface area contributed by atoms with E-state index >= 15 is 0 Å². The molecule has 0 bridgehead atoms. The summed E-state index contributed by atoms with van der Waals surface area (Å²) >= 11 is 0. The average Bonchev–Trinajstić information content (AvgIpc) is 2.34. The van der Waals surface area contributed by atoms with Crippen molar-refractivity contribution >= 4 is 5.82 Å². The molecule has 0 unspecified atom stereocenters. The highest BCUT2D eigenvalue weighted by molar-refractivity contribution is 5.57. The second-order valence-electron chi connectivity index (χ2n) is 4.39. The zero-order chi connectivity index (χ0) is 13.1. The molecule has 0 saturated heterocycles. The van der Waals surface area contributed by atoms with Gasteiger partial charge in [0, 0.05) is 5.56 Å². The monoisotopic (exact) mass is 243 g/mol. The third kappa shape index (κ3) is 2.42. The van der Waals surface area contributed by atoms with E-state index in [4.69, 9.17) is 5.73 Å². The Kier molecular flexibility index (Phi) is 3.46. The Labute approximate surface area is 106 Å². The minimum atomic E-state index is -0.139. The van der Waals surface area contributed by atoms with Crippen LogP contribution in [0.1, 0.15) is 24.5 Å². The van der Waals surface area contributed by atoms with Crippen LogP contribution in [0.3, 0.4) is 0 Å². The molecule has 0 aliphatic carbocycles. The van der Waals surface area contributed by atoms with Crippen molar-refractivity contribution < 1.29 is 0 Å². The SMILES string of the molecule is CCCc1c(N)nc(-c2ccc(C)cc2)[nH]c1=O. The Bertz CT molecular complexity index is 599. The van der Waals surface area contributed by atoms with Crippen molar-refractivity contribution in [2.75, 3.05) is 5.73 Å². The maximum atomic E-state index is 11.9. The standard InChI is InChI=1S/C14H17N3O/c1-3-4-11-12(15)16-13(17-14(11)18)10-7-5-9(2)6-8-10/h5-8H,3-4H2,1-2H3,(H3,15,16,17,18). The highest BCUT2D eigenvalue weighted by Crippen LogP contribution is 2.16. The van der Waals surface area contributed by atoms with Crippen molar-refractivity contribution in [2.45, 2.75) is 26.7 Å². The predicted octanol–water partition coefficient (Wildman–Crippen LogP) is 2.28. The molecule has 0 fully saturated rings. The van der Waals surface area contributed by atoms with Gasteiger partial charge < -0.3 is 10.7 Å². The third-order valence-corrected chi connectivity index (χ3v) is 2.87. The van der Waals surface area contributed by atoms with E-state index in [1.54, 1.807) is 0 Å².